The maximum atomic E-state index is 12.6. The molecule has 27 heavy (non-hydrogen) atoms. The number of methoxy groups -OCH3 is 1. The van der Waals surface area contributed by atoms with E-state index >= 15 is 0 Å². The van der Waals surface area contributed by atoms with Gasteiger partial charge in [-0.15, -0.1) is 0 Å². The third kappa shape index (κ3) is 3.54. The lowest BCUT2D eigenvalue weighted by atomic mass is 10.0. The molecule has 2 heterocycles. The maximum absolute atomic E-state index is 12.6. The number of aromatic nitrogens is 1. The minimum atomic E-state index is -0.626. The Hall–Kier alpha value is -2.47. The summed E-state index contributed by atoms with van der Waals surface area (Å²) in [7, 11) is 1.53. The Morgan fingerprint density at radius 3 is 2.74 bits per heavy atom. The molecule has 3 rings (SSSR count). The van der Waals surface area contributed by atoms with Crippen LogP contribution in [0.5, 0.6) is 11.5 Å². The van der Waals surface area contributed by atoms with Gasteiger partial charge in [0.1, 0.15) is 23.7 Å². The summed E-state index contributed by atoms with van der Waals surface area (Å²) in [5.74, 6) is 0.651. The van der Waals surface area contributed by atoms with Crippen LogP contribution in [0, 0.1) is 5.92 Å². The van der Waals surface area contributed by atoms with E-state index in [1.165, 1.54) is 13.2 Å². The van der Waals surface area contributed by atoms with E-state index in [1.807, 2.05) is 4.57 Å². The molecular weight excluding hydrogens is 370 g/mol. The molecule has 0 fully saturated rings. The lowest BCUT2D eigenvalue weighted by Crippen LogP contribution is -2.26. The van der Waals surface area contributed by atoms with Crippen molar-refractivity contribution in [1.29, 1.82) is 0 Å². The van der Waals surface area contributed by atoms with Crippen LogP contribution in [-0.2, 0) is 4.74 Å². The molecule has 1 aromatic heterocycles. The van der Waals surface area contributed by atoms with E-state index in [-0.39, 0.29) is 24.1 Å². The number of benzene rings is 1. The van der Waals surface area contributed by atoms with Crippen LogP contribution in [-0.4, -0.2) is 30.9 Å². The standard InChI is InChI=1S/C20H22ClNO5/c1-5-26-20(24)13-9-22-15(7-17(13)23)12-6-14(21)19(25-4)8-18(12)27-10-16(22)11(2)3/h6-9,11,16H,5,10H2,1-4H3. The van der Waals surface area contributed by atoms with Crippen molar-refractivity contribution in [2.45, 2.75) is 26.8 Å². The third-order valence-corrected chi connectivity index (χ3v) is 4.94. The van der Waals surface area contributed by atoms with Gasteiger partial charge in [0.15, 0.2) is 5.43 Å². The predicted octanol–water partition coefficient (Wildman–Crippen LogP) is 3.94. The van der Waals surface area contributed by atoms with E-state index in [1.54, 1.807) is 25.3 Å². The number of halogens is 1. The van der Waals surface area contributed by atoms with E-state index in [0.29, 0.717) is 34.4 Å². The minimum Gasteiger partial charge on any atom is -0.495 e. The van der Waals surface area contributed by atoms with Crippen LogP contribution in [0.25, 0.3) is 11.3 Å². The number of ether oxygens (including phenoxy) is 3. The zero-order valence-corrected chi connectivity index (χ0v) is 16.5. The highest BCUT2D eigenvalue weighted by Crippen LogP contribution is 2.42. The Morgan fingerprint density at radius 1 is 1.37 bits per heavy atom. The summed E-state index contributed by atoms with van der Waals surface area (Å²) in [4.78, 5) is 24.8. The maximum Gasteiger partial charge on any atom is 0.343 e. The van der Waals surface area contributed by atoms with Gasteiger partial charge in [-0.25, -0.2) is 4.79 Å². The average molecular weight is 392 g/mol. The summed E-state index contributed by atoms with van der Waals surface area (Å²) in [6.07, 6.45) is 1.57. The second-order valence-corrected chi connectivity index (χ2v) is 7.08. The quantitative estimate of drug-likeness (QED) is 0.738. The number of esters is 1. The second-order valence-electron chi connectivity index (χ2n) is 6.67. The van der Waals surface area contributed by atoms with Gasteiger partial charge >= 0.3 is 5.97 Å². The number of rotatable bonds is 4. The first-order valence-electron chi connectivity index (χ1n) is 8.81. The summed E-state index contributed by atoms with van der Waals surface area (Å²) in [6.45, 7) is 6.41. The Balaban J connectivity index is 2.26. The Morgan fingerprint density at radius 2 is 2.11 bits per heavy atom. The molecule has 0 spiro atoms. The number of fused-ring (bicyclic) bond motifs is 3. The first-order chi connectivity index (χ1) is 12.9. The molecule has 6 nitrogen and oxygen atoms in total. The molecule has 0 saturated heterocycles. The van der Waals surface area contributed by atoms with Crippen LogP contribution in [0.3, 0.4) is 0 Å². The van der Waals surface area contributed by atoms with Gasteiger partial charge in [0.2, 0.25) is 0 Å². The molecule has 0 bridgehead atoms. The number of hydrogen-bond acceptors (Lipinski definition) is 5. The molecule has 0 saturated carbocycles. The van der Waals surface area contributed by atoms with E-state index in [2.05, 4.69) is 13.8 Å². The molecular formula is C20H22ClNO5. The van der Waals surface area contributed by atoms with Crippen molar-refractivity contribution in [2.24, 2.45) is 5.92 Å². The molecule has 1 aliphatic rings. The van der Waals surface area contributed by atoms with Gasteiger partial charge in [-0.2, -0.15) is 0 Å². The van der Waals surface area contributed by atoms with Crippen LogP contribution in [0.4, 0.5) is 0 Å². The van der Waals surface area contributed by atoms with Gasteiger partial charge in [0.25, 0.3) is 0 Å². The molecule has 1 atom stereocenters. The van der Waals surface area contributed by atoms with Crippen molar-refractivity contribution in [2.75, 3.05) is 20.3 Å². The molecule has 0 N–H and O–H groups in total. The zero-order chi connectivity index (χ0) is 19.7. The van der Waals surface area contributed by atoms with Crippen molar-refractivity contribution in [3.63, 3.8) is 0 Å². The molecule has 0 amide bonds. The number of pyridine rings is 1. The SMILES string of the molecule is CCOC(=O)c1cn2c(cc1=O)-c1cc(Cl)c(OC)cc1OCC2C(C)C. The largest absolute Gasteiger partial charge is 0.495 e. The number of carbonyl (C=O) groups excluding carboxylic acids is 1. The number of hydrogen-bond donors (Lipinski definition) is 0. The van der Waals surface area contributed by atoms with Gasteiger partial charge in [0.05, 0.1) is 30.5 Å². The fourth-order valence-corrected chi connectivity index (χ4v) is 3.42. The topological polar surface area (TPSA) is 66.8 Å². The predicted molar refractivity (Wildman–Crippen MR) is 103 cm³/mol. The highest BCUT2D eigenvalue weighted by molar-refractivity contribution is 6.32. The monoisotopic (exact) mass is 391 g/mol. The van der Waals surface area contributed by atoms with Gasteiger partial charge in [0, 0.05) is 23.9 Å². The lowest BCUT2D eigenvalue weighted by Gasteiger charge is -2.24. The van der Waals surface area contributed by atoms with E-state index < -0.39 is 11.4 Å². The molecule has 7 heteroatoms. The minimum absolute atomic E-state index is 0.00862. The summed E-state index contributed by atoms with van der Waals surface area (Å²) < 4.78 is 18.2. The molecule has 2 aromatic rings. The normalized spacial score (nSPS) is 15.4. The van der Waals surface area contributed by atoms with E-state index in [0.717, 1.165) is 0 Å². The second kappa shape index (κ2) is 7.64. The van der Waals surface area contributed by atoms with Gasteiger partial charge in [-0.3, -0.25) is 4.79 Å². The highest BCUT2D eigenvalue weighted by Gasteiger charge is 2.28. The van der Waals surface area contributed by atoms with E-state index in [9.17, 15) is 9.59 Å². The van der Waals surface area contributed by atoms with E-state index in [4.69, 9.17) is 25.8 Å². The van der Waals surface area contributed by atoms with Crippen molar-refractivity contribution < 1.29 is 19.0 Å². The van der Waals surface area contributed by atoms with Crippen molar-refractivity contribution in [1.82, 2.24) is 4.57 Å². The Kier molecular flexibility index (Phi) is 5.46. The van der Waals surface area contributed by atoms with Gasteiger partial charge < -0.3 is 18.8 Å². The van der Waals surface area contributed by atoms with Crippen molar-refractivity contribution in [3.05, 3.63) is 45.2 Å². The smallest absolute Gasteiger partial charge is 0.343 e. The molecule has 1 aromatic carbocycles. The molecule has 1 aliphatic heterocycles. The first kappa shape index (κ1) is 19.3. The highest BCUT2D eigenvalue weighted by atomic mass is 35.5. The fourth-order valence-electron chi connectivity index (χ4n) is 3.18. The number of nitrogens with zero attached hydrogens (tertiary/aromatic N) is 1. The van der Waals surface area contributed by atoms with Gasteiger partial charge in [-0.05, 0) is 18.9 Å². The summed E-state index contributed by atoms with van der Waals surface area (Å²) in [5, 5.41) is 0.413. The number of carbonyl (C=O) groups is 1. The molecule has 0 radical (unpaired) electrons. The van der Waals surface area contributed by atoms with Crippen molar-refractivity contribution in [3.8, 4) is 22.8 Å². The third-order valence-electron chi connectivity index (χ3n) is 4.64. The zero-order valence-electron chi connectivity index (χ0n) is 15.7. The summed E-state index contributed by atoms with van der Waals surface area (Å²) in [5.41, 5.74) is 0.927. The van der Waals surface area contributed by atoms with Crippen LogP contribution in [0.1, 0.15) is 37.2 Å². The Labute approximate surface area is 162 Å². The van der Waals surface area contributed by atoms with Crippen LogP contribution in [0.2, 0.25) is 5.02 Å². The summed E-state index contributed by atoms with van der Waals surface area (Å²) >= 11 is 6.30. The first-order valence-corrected chi connectivity index (χ1v) is 9.19. The van der Waals surface area contributed by atoms with Crippen LogP contribution >= 0.6 is 11.6 Å². The van der Waals surface area contributed by atoms with Gasteiger partial charge in [-0.1, -0.05) is 25.4 Å². The molecule has 1 unspecified atom stereocenters. The lowest BCUT2D eigenvalue weighted by molar-refractivity contribution is 0.0523. The summed E-state index contributed by atoms with van der Waals surface area (Å²) in [6, 6.07) is 4.80. The van der Waals surface area contributed by atoms with Crippen LogP contribution in [0.15, 0.2) is 29.2 Å². The molecule has 144 valence electrons. The fraction of sp³-hybridized carbons (Fsp3) is 0.400. The van der Waals surface area contributed by atoms with Crippen molar-refractivity contribution >= 4 is 17.6 Å². The Bertz CT molecular complexity index is 935. The van der Waals surface area contributed by atoms with Crippen LogP contribution < -0.4 is 14.9 Å². The average Bonchev–Trinajstić information content (AvgIpc) is 2.77. The molecule has 0 aliphatic carbocycles.